The summed E-state index contributed by atoms with van der Waals surface area (Å²) in [4.78, 5) is 28.6. The number of nitrogens with zero attached hydrogens (tertiary/aromatic N) is 2. The lowest BCUT2D eigenvalue weighted by atomic mass is 9.90. The lowest BCUT2D eigenvalue weighted by molar-refractivity contribution is -0.128. The Bertz CT molecular complexity index is 595. The molecule has 2 aliphatic heterocycles. The zero-order chi connectivity index (χ0) is 15.2. The first-order valence-corrected chi connectivity index (χ1v) is 8.04. The molecule has 0 unspecified atom stereocenters. The average Bonchev–Trinajstić information content (AvgIpc) is 3.02. The molecule has 0 bridgehead atoms. The number of imide groups is 1. The number of benzene rings is 1. The second-order valence-electron chi connectivity index (χ2n) is 6.40. The van der Waals surface area contributed by atoms with Crippen molar-refractivity contribution in [3.63, 3.8) is 0 Å². The van der Waals surface area contributed by atoms with Gasteiger partial charge in [-0.1, -0.05) is 36.8 Å². The summed E-state index contributed by atoms with van der Waals surface area (Å²) < 4.78 is 5.95. The van der Waals surface area contributed by atoms with Gasteiger partial charge in [0.05, 0.1) is 13.2 Å². The molecule has 1 spiro atoms. The van der Waals surface area contributed by atoms with Crippen molar-refractivity contribution >= 4 is 11.9 Å². The lowest BCUT2D eigenvalue weighted by Gasteiger charge is -2.39. The van der Waals surface area contributed by atoms with E-state index in [1.165, 1.54) is 11.3 Å². The molecule has 22 heavy (non-hydrogen) atoms. The van der Waals surface area contributed by atoms with E-state index in [1.54, 1.807) is 4.90 Å². The molecule has 2 heterocycles. The van der Waals surface area contributed by atoms with Gasteiger partial charge >= 0.3 is 6.03 Å². The quantitative estimate of drug-likeness (QED) is 0.789. The molecule has 1 atom stereocenters. The fraction of sp³-hybridized carbons (Fsp3) is 0.529. The lowest BCUT2D eigenvalue weighted by Crippen LogP contribution is -2.50. The number of urea groups is 1. The molecule has 0 N–H and O–H groups in total. The second kappa shape index (κ2) is 5.09. The fourth-order valence-electron chi connectivity index (χ4n) is 3.96. The largest absolute Gasteiger partial charge is 0.353 e. The molecule has 1 saturated carbocycles. The molecule has 3 aliphatic rings. The van der Waals surface area contributed by atoms with Crippen LogP contribution in [0.3, 0.4) is 0 Å². The minimum absolute atomic E-state index is 0.115. The Balaban J connectivity index is 1.60. The molecule has 0 aromatic heterocycles. The maximum Gasteiger partial charge on any atom is 0.330 e. The highest BCUT2D eigenvalue weighted by Gasteiger charge is 2.59. The van der Waals surface area contributed by atoms with Gasteiger partial charge in [0.2, 0.25) is 0 Å². The molecule has 5 nitrogen and oxygen atoms in total. The van der Waals surface area contributed by atoms with Crippen molar-refractivity contribution in [1.29, 1.82) is 0 Å². The number of hydrogen-bond acceptors (Lipinski definition) is 3. The van der Waals surface area contributed by atoms with E-state index < -0.39 is 11.8 Å². The van der Waals surface area contributed by atoms with Crippen LogP contribution in [0.15, 0.2) is 30.3 Å². The van der Waals surface area contributed by atoms with Gasteiger partial charge in [-0.2, -0.15) is 0 Å². The molecular formula is C17H20N2O3. The second-order valence-corrected chi connectivity index (χ2v) is 6.40. The monoisotopic (exact) mass is 300 g/mol. The van der Waals surface area contributed by atoms with E-state index in [4.69, 9.17) is 4.74 Å². The van der Waals surface area contributed by atoms with Crippen LogP contribution in [-0.4, -0.2) is 40.1 Å². The highest BCUT2D eigenvalue weighted by atomic mass is 16.5. The zero-order valence-electron chi connectivity index (χ0n) is 12.5. The summed E-state index contributed by atoms with van der Waals surface area (Å²) in [5.74, 6) is -0.115. The minimum atomic E-state index is -0.527. The molecule has 3 amide bonds. The normalized spacial score (nSPS) is 26.8. The van der Waals surface area contributed by atoms with E-state index in [2.05, 4.69) is 0 Å². The first-order chi connectivity index (χ1) is 10.7. The molecule has 4 rings (SSSR count). The van der Waals surface area contributed by atoms with Gasteiger partial charge in [0.15, 0.2) is 0 Å². The smallest absolute Gasteiger partial charge is 0.330 e. The summed E-state index contributed by atoms with van der Waals surface area (Å²) in [6.45, 7) is 0.692. The molecule has 0 radical (unpaired) electrons. The van der Waals surface area contributed by atoms with Crippen LogP contribution in [0, 0.1) is 0 Å². The number of amides is 3. The van der Waals surface area contributed by atoms with Crippen LogP contribution < -0.4 is 0 Å². The van der Waals surface area contributed by atoms with Gasteiger partial charge in [-0.25, -0.2) is 4.79 Å². The Labute approximate surface area is 129 Å². The SMILES string of the molecule is O=C1[C@H]2COC3(CCCCC3)N2C(=O)N1Cc1ccccc1. The summed E-state index contributed by atoms with van der Waals surface area (Å²) in [7, 11) is 0. The molecular weight excluding hydrogens is 280 g/mol. The van der Waals surface area contributed by atoms with Crippen molar-refractivity contribution in [2.24, 2.45) is 0 Å². The van der Waals surface area contributed by atoms with Crippen molar-refractivity contribution in [3.05, 3.63) is 35.9 Å². The third-order valence-corrected chi connectivity index (χ3v) is 5.07. The maximum absolute atomic E-state index is 12.8. The van der Waals surface area contributed by atoms with Crippen LogP contribution in [0.1, 0.15) is 37.7 Å². The van der Waals surface area contributed by atoms with Gasteiger partial charge in [-0.3, -0.25) is 14.6 Å². The van der Waals surface area contributed by atoms with Crippen LogP contribution in [0.25, 0.3) is 0 Å². The van der Waals surface area contributed by atoms with E-state index in [9.17, 15) is 9.59 Å². The van der Waals surface area contributed by atoms with Crippen molar-refractivity contribution < 1.29 is 14.3 Å². The van der Waals surface area contributed by atoms with E-state index in [0.29, 0.717) is 13.2 Å². The van der Waals surface area contributed by atoms with Crippen LogP contribution in [0.2, 0.25) is 0 Å². The van der Waals surface area contributed by atoms with Gasteiger partial charge in [-0.15, -0.1) is 0 Å². The van der Waals surface area contributed by atoms with Crippen LogP contribution in [0.5, 0.6) is 0 Å². The van der Waals surface area contributed by atoms with Crippen molar-refractivity contribution in [3.8, 4) is 0 Å². The number of carbonyl (C=O) groups excluding carboxylic acids is 2. The standard InChI is InChI=1S/C17H20N2O3/c20-15-14-12-22-17(9-5-2-6-10-17)19(14)16(21)18(15)11-13-7-3-1-4-8-13/h1,3-4,7-8,14H,2,5-6,9-12H2/t14-/m1/s1. The molecule has 1 aromatic rings. The first-order valence-electron chi connectivity index (χ1n) is 8.04. The van der Waals surface area contributed by atoms with Crippen molar-refractivity contribution in [1.82, 2.24) is 9.80 Å². The fourth-order valence-corrected chi connectivity index (χ4v) is 3.96. The number of carbonyl (C=O) groups is 2. The minimum Gasteiger partial charge on any atom is -0.353 e. The molecule has 3 fully saturated rings. The maximum atomic E-state index is 12.8. The Hall–Kier alpha value is -1.88. The zero-order valence-corrected chi connectivity index (χ0v) is 12.5. The van der Waals surface area contributed by atoms with Gasteiger partial charge < -0.3 is 4.74 Å². The Morgan fingerprint density at radius 3 is 2.55 bits per heavy atom. The van der Waals surface area contributed by atoms with Crippen LogP contribution in [0.4, 0.5) is 4.79 Å². The molecule has 2 saturated heterocycles. The topological polar surface area (TPSA) is 49.9 Å². The summed E-state index contributed by atoms with van der Waals surface area (Å²) >= 11 is 0. The average molecular weight is 300 g/mol. The van der Waals surface area contributed by atoms with Crippen LogP contribution in [-0.2, 0) is 16.1 Å². The summed E-state index contributed by atoms with van der Waals surface area (Å²) in [6.07, 6.45) is 5.00. The van der Waals surface area contributed by atoms with Gasteiger partial charge in [0.25, 0.3) is 5.91 Å². The van der Waals surface area contributed by atoms with E-state index >= 15 is 0 Å². The van der Waals surface area contributed by atoms with Crippen molar-refractivity contribution in [2.75, 3.05) is 6.61 Å². The van der Waals surface area contributed by atoms with Crippen LogP contribution >= 0.6 is 0 Å². The molecule has 5 heteroatoms. The number of ether oxygens (including phenoxy) is 1. The molecule has 1 aliphatic carbocycles. The van der Waals surface area contributed by atoms with E-state index in [-0.39, 0.29) is 11.9 Å². The molecule has 1 aromatic carbocycles. The van der Waals surface area contributed by atoms with Crippen molar-refractivity contribution in [2.45, 2.75) is 50.4 Å². The molecule has 116 valence electrons. The highest BCUT2D eigenvalue weighted by Crippen LogP contribution is 2.43. The Morgan fingerprint density at radius 1 is 1.09 bits per heavy atom. The Kier molecular flexibility index (Phi) is 3.18. The highest BCUT2D eigenvalue weighted by molar-refractivity contribution is 6.05. The third-order valence-electron chi connectivity index (χ3n) is 5.07. The van der Waals surface area contributed by atoms with Gasteiger partial charge in [0.1, 0.15) is 11.8 Å². The summed E-state index contributed by atoms with van der Waals surface area (Å²) in [5.41, 5.74) is 0.449. The number of rotatable bonds is 2. The summed E-state index contributed by atoms with van der Waals surface area (Å²) in [5, 5.41) is 0. The Morgan fingerprint density at radius 2 is 1.82 bits per heavy atom. The predicted octanol–water partition coefficient (Wildman–Crippen LogP) is 2.51. The third kappa shape index (κ3) is 1.96. The predicted molar refractivity (Wildman–Crippen MR) is 79.8 cm³/mol. The van der Waals surface area contributed by atoms with Gasteiger partial charge in [-0.05, 0) is 31.2 Å². The first kappa shape index (κ1) is 13.8. The van der Waals surface area contributed by atoms with E-state index in [0.717, 1.165) is 31.2 Å². The number of hydrogen-bond donors (Lipinski definition) is 0. The van der Waals surface area contributed by atoms with E-state index in [1.807, 2.05) is 30.3 Å². The summed E-state index contributed by atoms with van der Waals surface area (Å²) in [6, 6.07) is 9.06. The van der Waals surface area contributed by atoms with Gasteiger partial charge in [0, 0.05) is 0 Å². The number of fused-ring (bicyclic) bond motifs is 2.